The molecule has 0 amide bonds. The molecule has 4 aromatic carbocycles. The molecule has 194 valence electrons. The van der Waals surface area contributed by atoms with Crippen molar-refractivity contribution in [2.75, 3.05) is 0 Å². The maximum absolute atomic E-state index is 13.1. The van der Waals surface area contributed by atoms with Crippen molar-refractivity contribution in [3.63, 3.8) is 0 Å². The molecule has 0 aliphatic heterocycles. The van der Waals surface area contributed by atoms with E-state index in [1.165, 1.54) is 12.1 Å². The van der Waals surface area contributed by atoms with Crippen LogP contribution in [0.2, 0.25) is 0 Å². The second-order valence-electron chi connectivity index (χ2n) is 9.15. The molecular weight excluding hydrogens is 488 g/mol. The fourth-order valence-electron chi connectivity index (χ4n) is 4.38. The zero-order valence-electron chi connectivity index (χ0n) is 21.3. The van der Waals surface area contributed by atoms with Crippen LogP contribution in [0.4, 0.5) is 0 Å². The molecule has 0 saturated heterocycles. The topological polar surface area (TPSA) is 65.7 Å². The Morgan fingerprint density at radius 3 is 1.18 bits per heavy atom. The number of esters is 2. The van der Waals surface area contributed by atoms with E-state index in [4.69, 9.17) is 13.9 Å². The lowest BCUT2D eigenvalue weighted by Gasteiger charge is -2.18. The van der Waals surface area contributed by atoms with Gasteiger partial charge in [-0.25, -0.2) is 9.59 Å². The molecule has 0 bridgehead atoms. The maximum atomic E-state index is 13.1. The fourth-order valence-corrected chi connectivity index (χ4v) is 4.38. The van der Waals surface area contributed by atoms with E-state index >= 15 is 0 Å². The summed E-state index contributed by atoms with van der Waals surface area (Å²) < 4.78 is 17.4. The van der Waals surface area contributed by atoms with Crippen LogP contribution in [0.3, 0.4) is 0 Å². The number of furan rings is 1. The van der Waals surface area contributed by atoms with Gasteiger partial charge in [0.05, 0.1) is 0 Å². The van der Waals surface area contributed by atoms with E-state index in [0.717, 1.165) is 22.3 Å². The lowest BCUT2D eigenvalue weighted by Crippen LogP contribution is -2.14. The Morgan fingerprint density at radius 1 is 0.487 bits per heavy atom. The lowest BCUT2D eigenvalue weighted by molar-refractivity contribution is 0.0227. The number of carbonyl (C=O) groups excluding carboxylic acids is 2. The monoisotopic (exact) mass is 516 g/mol. The Labute approximate surface area is 227 Å². The van der Waals surface area contributed by atoms with Crippen LogP contribution in [-0.4, -0.2) is 11.9 Å². The third kappa shape index (κ3) is 6.90. The molecule has 0 saturated carbocycles. The van der Waals surface area contributed by atoms with Gasteiger partial charge in [-0.05, 0) is 34.4 Å². The van der Waals surface area contributed by atoms with Crippen LogP contribution in [0.25, 0.3) is 0 Å². The predicted molar refractivity (Wildman–Crippen MR) is 148 cm³/mol. The predicted octanol–water partition coefficient (Wildman–Crippen LogP) is 7.56. The van der Waals surface area contributed by atoms with E-state index < -0.39 is 24.1 Å². The summed E-state index contributed by atoms with van der Waals surface area (Å²) in [5.41, 5.74) is 3.81. The van der Waals surface area contributed by atoms with Gasteiger partial charge in [-0.1, -0.05) is 121 Å². The van der Waals surface area contributed by atoms with Gasteiger partial charge < -0.3 is 13.9 Å². The van der Waals surface area contributed by atoms with Gasteiger partial charge in [0, 0.05) is 12.8 Å². The second kappa shape index (κ2) is 12.6. The molecule has 5 nitrogen and oxygen atoms in total. The van der Waals surface area contributed by atoms with Gasteiger partial charge in [-0.2, -0.15) is 0 Å². The van der Waals surface area contributed by atoms with Crippen LogP contribution >= 0.6 is 0 Å². The minimum absolute atomic E-state index is 0.0599. The van der Waals surface area contributed by atoms with Crippen LogP contribution in [0.5, 0.6) is 0 Å². The second-order valence-corrected chi connectivity index (χ2v) is 9.15. The summed E-state index contributed by atoms with van der Waals surface area (Å²) in [6.07, 6.45) is -0.0283. The van der Waals surface area contributed by atoms with Crippen LogP contribution < -0.4 is 0 Å². The van der Waals surface area contributed by atoms with Gasteiger partial charge in [0.1, 0.15) is 12.2 Å². The third-order valence-corrected chi connectivity index (χ3v) is 6.38. The van der Waals surface area contributed by atoms with Crippen molar-refractivity contribution >= 4 is 11.9 Å². The molecular formula is C34H28O5. The van der Waals surface area contributed by atoms with Gasteiger partial charge in [0.25, 0.3) is 0 Å². The maximum Gasteiger partial charge on any atom is 0.374 e. The van der Waals surface area contributed by atoms with E-state index in [1.807, 2.05) is 121 Å². The smallest absolute Gasteiger partial charge is 0.374 e. The standard InChI is InChI=1S/C34H28O5/c35-33(38-31(27-17-9-3-10-18-27)23-25-13-5-1-6-14-25)29-21-22-30(37-29)34(36)39-32(28-19-11-4-12-20-28)24-26-15-7-2-8-16-26/h1-22,31-32H,23-24H2. The summed E-state index contributed by atoms with van der Waals surface area (Å²) >= 11 is 0. The minimum atomic E-state index is -0.650. The summed E-state index contributed by atoms with van der Waals surface area (Å²) in [6, 6.07) is 41.6. The van der Waals surface area contributed by atoms with E-state index in [1.54, 1.807) is 0 Å². The first kappa shape index (κ1) is 25.7. The number of ether oxygens (including phenoxy) is 2. The van der Waals surface area contributed by atoms with Crippen molar-refractivity contribution in [2.24, 2.45) is 0 Å². The summed E-state index contributed by atoms with van der Waals surface area (Å²) in [4.78, 5) is 26.1. The summed E-state index contributed by atoms with van der Waals surface area (Å²) in [5.74, 6) is -1.42. The Balaban J connectivity index is 1.30. The van der Waals surface area contributed by atoms with Gasteiger partial charge >= 0.3 is 11.9 Å². The first-order chi connectivity index (χ1) is 19.2. The van der Waals surface area contributed by atoms with Crippen LogP contribution in [0.15, 0.2) is 138 Å². The van der Waals surface area contributed by atoms with Gasteiger partial charge in [-0.3, -0.25) is 0 Å². The lowest BCUT2D eigenvalue weighted by atomic mass is 10.0. The van der Waals surface area contributed by atoms with Crippen molar-refractivity contribution in [2.45, 2.75) is 25.0 Å². The Hall–Kier alpha value is -4.90. The number of benzene rings is 4. The van der Waals surface area contributed by atoms with Gasteiger partial charge in [0.15, 0.2) is 0 Å². The molecule has 0 aliphatic rings. The Kier molecular flexibility index (Phi) is 8.29. The van der Waals surface area contributed by atoms with E-state index in [2.05, 4.69) is 0 Å². The van der Waals surface area contributed by atoms with Crippen molar-refractivity contribution in [3.8, 4) is 0 Å². The van der Waals surface area contributed by atoms with Crippen LogP contribution in [0.1, 0.15) is 55.6 Å². The Bertz CT molecular complexity index is 1360. The number of hydrogen-bond donors (Lipinski definition) is 0. The number of carbonyl (C=O) groups is 2. The highest BCUT2D eigenvalue weighted by Gasteiger charge is 2.25. The first-order valence-electron chi connectivity index (χ1n) is 12.9. The minimum Gasteiger partial charge on any atom is -0.451 e. The molecule has 1 heterocycles. The molecule has 0 spiro atoms. The van der Waals surface area contributed by atoms with E-state index in [9.17, 15) is 9.59 Å². The molecule has 0 N–H and O–H groups in total. The summed E-state index contributed by atoms with van der Waals surface area (Å²) in [7, 11) is 0. The molecule has 1 aromatic heterocycles. The molecule has 2 unspecified atom stereocenters. The van der Waals surface area contributed by atoms with Crippen LogP contribution in [0, 0.1) is 0 Å². The summed E-state index contributed by atoms with van der Waals surface area (Å²) in [6.45, 7) is 0. The Morgan fingerprint density at radius 2 is 0.821 bits per heavy atom. The zero-order chi connectivity index (χ0) is 26.9. The molecule has 2 atom stereocenters. The molecule has 5 rings (SSSR count). The number of rotatable bonds is 10. The van der Waals surface area contributed by atoms with Gasteiger partial charge in [-0.15, -0.1) is 0 Å². The zero-order valence-corrected chi connectivity index (χ0v) is 21.3. The highest BCUT2D eigenvalue weighted by atomic mass is 16.6. The average Bonchev–Trinajstić information content (AvgIpc) is 3.49. The van der Waals surface area contributed by atoms with Gasteiger partial charge in [0.2, 0.25) is 11.5 Å². The summed E-state index contributed by atoms with van der Waals surface area (Å²) in [5, 5.41) is 0. The highest BCUT2D eigenvalue weighted by Crippen LogP contribution is 2.26. The quantitative estimate of drug-likeness (QED) is 0.179. The van der Waals surface area contributed by atoms with Crippen molar-refractivity contribution in [1.82, 2.24) is 0 Å². The van der Waals surface area contributed by atoms with Crippen molar-refractivity contribution in [1.29, 1.82) is 0 Å². The first-order valence-corrected chi connectivity index (χ1v) is 12.9. The van der Waals surface area contributed by atoms with Crippen molar-refractivity contribution in [3.05, 3.63) is 167 Å². The normalized spacial score (nSPS) is 12.3. The SMILES string of the molecule is O=C(OC(Cc1ccccc1)c1ccccc1)c1ccc(C(=O)OC(Cc2ccccc2)c2ccccc2)o1. The molecule has 0 aliphatic carbocycles. The molecule has 0 fully saturated rings. The van der Waals surface area contributed by atoms with Crippen LogP contribution in [-0.2, 0) is 22.3 Å². The molecule has 0 radical (unpaired) electrons. The molecule has 39 heavy (non-hydrogen) atoms. The third-order valence-electron chi connectivity index (χ3n) is 6.38. The largest absolute Gasteiger partial charge is 0.451 e. The molecule has 5 aromatic rings. The van der Waals surface area contributed by atoms with E-state index in [0.29, 0.717) is 12.8 Å². The average molecular weight is 517 g/mol. The van der Waals surface area contributed by atoms with Crippen molar-refractivity contribution < 1.29 is 23.5 Å². The highest BCUT2D eigenvalue weighted by molar-refractivity contribution is 5.91. The fraction of sp³-hybridized carbons (Fsp3) is 0.118. The molecule has 5 heteroatoms. The van der Waals surface area contributed by atoms with E-state index in [-0.39, 0.29) is 11.5 Å². The number of hydrogen-bond acceptors (Lipinski definition) is 5.